The maximum atomic E-state index is 8.88. The Bertz CT molecular complexity index is 215. The van der Waals surface area contributed by atoms with Gasteiger partial charge >= 0.3 is 0 Å². The number of hydrogen-bond donors (Lipinski definition) is 4. The molecule has 1 rings (SSSR count). The summed E-state index contributed by atoms with van der Waals surface area (Å²) in [5.41, 5.74) is 10.8. The second-order valence-electron chi connectivity index (χ2n) is 1.97. The molecule has 6 N–H and O–H groups in total. The molecule has 0 bridgehead atoms. The largest absolute Gasteiger partial charge is 0.506 e. The summed E-state index contributed by atoms with van der Waals surface area (Å²) in [4.78, 5) is 0. The average molecular weight is 204 g/mol. The third kappa shape index (κ3) is 1.93. The van der Waals surface area contributed by atoms with Crippen LogP contribution in [0, 0.1) is 0 Å². The molecule has 4 nitrogen and oxygen atoms in total. The fraction of sp³-hybridized carbons (Fsp3) is 0. The molecule has 0 heterocycles. The van der Waals surface area contributed by atoms with Crippen LogP contribution in [0.15, 0.2) is 12.1 Å². The molecule has 0 saturated carbocycles. The first-order chi connectivity index (χ1) is 4.61. The molecular weight excluding hydrogens is 196 g/mol. The number of nitrogens with two attached hydrogens (primary N) is 2. The van der Waals surface area contributed by atoms with E-state index in [-0.39, 0.29) is 39.9 Å². The van der Waals surface area contributed by atoms with Crippen molar-refractivity contribution in [1.82, 2.24) is 0 Å². The Kier molecular flexibility index (Phi) is 3.04. The van der Waals surface area contributed by atoms with Crippen LogP contribution in [0.25, 0.3) is 0 Å². The van der Waals surface area contributed by atoms with Crippen molar-refractivity contribution >= 4 is 11.4 Å². The van der Waals surface area contributed by atoms with Crippen molar-refractivity contribution in [3.8, 4) is 11.5 Å². The SMILES string of the molecule is Nc1cc(N)c(O)cc1O.[Cu]. The number of hydrogen-bond acceptors (Lipinski definition) is 4. The van der Waals surface area contributed by atoms with Crippen LogP contribution in [0.1, 0.15) is 0 Å². The van der Waals surface area contributed by atoms with Crippen LogP contribution in [-0.4, -0.2) is 10.2 Å². The van der Waals surface area contributed by atoms with Gasteiger partial charge in [-0.2, -0.15) is 0 Å². The van der Waals surface area contributed by atoms with E-state index >= 15 is 0 Å². The van der Waals surface area contributed by atoms with Gasteiger partial charge in [-0.05, 0) is 6.07 Å². The summed E-state index contributed by atoms with van der Waals surface area (Å²) in [6.45, 7) is 0. The zero-order valence-electron chi connectivity index (χ0n) is 5.51. The molecule has 0 unspecified atom stereocenters. The van der Waals surface area contributed by atoms with Gasteiger partial charge in [-0.25, -0.2) is 0 Å². The predicted octanol–water partition coefficient (Wildman–Crippen LogP) is 0.260. The van der Waals surface area contributed by atoms with Gasteiger partial charge < -0.3 is 21.7 Å². The van der Waals surface area contributed by atoms with Gasteiger partial charge in [0.05, 0.1) is 11.4 Å². The molecule has 0 aliphatic heterocycles. The van der Waals surface area contributed by atoms with Gasteiger partial charge in [-0.15, -0.1) is 0 Å². The summed E-state index contributed by atoms with van der Waals surface area (Å²) in [6.07, 6.45) is 0. The first kappa shape index (κ1) is 9.94. The Morgan fingerprint density at radius 1 is 0.909 bits per heavy atom. The van der Waals surface area contributed by atoms with Crippen LogP contribution < -0.4 is 11.5 Å². The number of nitrogen functional groups attached to an aromatic ring is 2. The topological polar surface area (TPSA) is 92.5 Å². The monoisotopic (exact) mass is 203 g/mol. The van der Waals surface area contributed by atoms with Crippen molar-refractivity contribution in [2.45, 2.75) is 0 Å². The van der Waals surface area contributed by atoms with Crippen LogP contribution in [0.5, 0.6) is 11.5 Å². The van der Waals surface area contributed by atoms with E-state index in [1.807, 2.05) is 0 Å². The minimum atomic E-state index is -0.160. The molecule has 11 heavy (non-hydrogen) atoms. The van der Waals surface area contributed by atoms with E-state index in [2.05, 4.69) is 0 Å². The Labute approximate surface area is 74.3 Å². The van der Waals surface area contributed by atoms with E-state index in [4.69, 9.17) is 21.7 Å². The average Bonchev–Trinajstić information content (AvgIpc) is 1.84. The van der Waals surface area contributed by atoms with Crippen molar-refractivity contribution in [3.63, 3.8) is 0 Å². The third-order valence-electron chi connectivity index (χ3n) is 1.18. The molecule has 0 aromatic heterocycles. The number of phenols is 2. The van der Waals surface area contributed by atoms with Gasteiger partial charge in [-0.3, -0.25) is 0 Å². The van der Waals surface area contributed by atoms with E-state index < -0.39 is 0 Å². The smallest absolute Gasteiger partial charge is 0.142 e. The maximum Gasteiger partial charge on any atom is 0.142 e. The molecule has 1 aromatic carbocycles. The molecule has 0 atom stereocenters. The molecule has 0 saturated heterocycles. The van der Waals surface area contributed by atoms with Crippen LogP contribution in [0.3, 0.4) is 0 Å². The van der Waals surface area contributed by atoms with Crippen molar-refractivity contribution in [2.24, 2.45) is 0 Å². The van der Waals surface area contributed by atoms with E-state index in [1.165, 1.54) is 6.07 Å². The van der Waals surface area contributed by atoms with Gasteiger partial charge in [0.25, 0.3) is 0 Å². The summed E-state index contributed by atoms with van der Waals surface area (Å²) in [6, 6.07) is 2.40. The summed E-state index contributed by atoms with van der Waals surface area (Å²) < 4.78 is 0. The van der Waals surface area contributed by atoms with E-state index in [0.717, 1.165) is 6.07 Å². The van der Waals surface area contributed by atoms with Gasteiger partial charge in [-0.1, -0.05) is 0 Å². The molecule has 0 spiro atoms. The Morgan fingerprint density at radius 3 is 1.55 bits per heavy atom. The molecule has 0 aliphatic rings. The summed E-state index contributed by atoms with van der Waals surface area (Å²) >= 11 is 0. The number of aromatic hydroxyl groups is 2. The molecule has 0 fully saturated rings. The quantitative estimate of drug-likeness (QED) is 0.211. The maximum absolute atomic E-state index is 8.88. The van der Waals surface area contributed by atoms with E-state index in [1.54, 1.807) is 0 Å². The van der Waals surface area contributed by atoms with Crippen molar-refractivity contribution < 1.29 is 27.3 Å². The predicted molar refractivity (Wildman–Crippen MR) is 38.6 cm³/mol. The van der Waals surface area contributed by atoms with Crippen LogP contribution in [0.4, 0.5) is 11.4 Å². The Hall–Kier alpha value is -1.06. The Balaban J connectivity index is 0.000001000. The zero-order valence-corrected chi connectivity index (χ0v) is 6.45. The minimum absolute atomic E-state index is 0. The standard InChI is InChI=1S/C6H8N2O2.Cu/c7-3-1-4(8)6(10)2-5(3)9;/h1-2,9-10H,7-8H2;. The fourth-order valence-corrected chi connectivity index (χ4v) is 0.612. The van der Waals surface area contributed by atoms with Crippen molar-refractivity contribution in [3.05, 3.63) is 12.1 Å². The van der Waals surface area contributed by atoms with Gasteiger partial charge in [0.15, 0.2) is 0 Å². The molecular formula is C6H8CuN2O2. The van der Waals surface area contributed by atoms with E-state index in [0.29, 0.717) is 0 Å². The molecule has 5 heteroatoms. The number of benzene rings is 1. The first-order valence-electron chi connectivity index (χ1n) is 2.68. The van der Waals surface area contributed by atoms with Crippen LogP contribution >= 0.6 is 0 Å². The molecule has 1 aromatic rings. The minimum Gasteiger partial charge on any atom is -0.506 e. The second-order valence-corrected chi connectivity index (χ2v) is 1.97. The van der Waals surface area contributed by atoms with Crippen LogP contribution in [0.2, 0.25) is 0 Å². The second kappa shape index (κ2) is 3.37. The number of phenolic OH excluding ortho intramolecular Hbond substituents is 2. The zero-order chi connectivity index (χ0) is 7.72. The van der Waals surface area contributed by atoms with E-state index in [9.17, 15) is 0 Å². The van der Waals surface area contributed by atoms with Gasteiger partial charge in [0, 0.05) is 23.1 Å². The molecule has 0 amide bonds. The summed E-state index contributed by atoms with van der Waals surface area (Å²) in [7, 11) is 0. The summed E-state index contributed by atoms with van der Waals surface area (Å²) in [5, 5.41) is 17.8. The van der Waals surface area contributed by atoms with Crippen molar-refractivity contribution in [1.29, 1.82) is 0 Å². The number of rotatable bonds is 0. The van der Waals surface area contributed by atoms with Gasteiger partial charge in [0.1, 0.15) is 11.5 Å². The normalized spacial score (nSPS) is 8.73. The first-order valence-corrected chi connectivity index (χ1v) is 2.68. The fourth-order valence-electron chi connectivity index (χ4n) is 0.612. The molecule has 0 aliphatic carbocycles. The summed E-state index contributed by atoms with van der Waals surface area (Å²) in [5.74, 6) is -0.321. The van der Waals surface area contributed by atoms with Crippen LogP contribution in [-0.2, 0) is 17.1 Å². The number of anilines is 2. The van der Waals surface area contributed by atoms with Crippen molar-refractivity contribution in [2.75, 3.05) is 11.5 Å². The third-order valence-corrected chi connectivity index (χ3v) is 1.18. The Morgan fingerprint density at radius 2 is 1.27 bits per heavy atom. The van der Waals surface area contributed by atoms with Gasteiger partial charge in [0.2, 0.25) is 0 Å². The molecule has 1 radical (unpaired) electrons. The molecule has 65 valence electrons.